The zero-order valence-electron chi connectivity index (χ0n) is 16.1. The summed E-state index contributed by atoms with van der Waals surface area (Å²) in [4.78, 5) is 38.2. The van der Waals surface area contributed by atoms with E-state index < -0.39 is 24.4 Å². The van der Waals surface area contributed by atoms with Gasteiger partial charge in [-0.3, -0.25) is 14.4 Å². The van der Waals surface area contributed by atoms with E-state index in [0.29, 0.717) is 16.3 Å². The van der Waals surface area contributed by atoms with Gasteiger partial charge in [0.1, 0.15) is 0 Å². The second-order valence-electron chi connectivity index (χ2n) is 7.90. The summed E-state index contributed by atoms with van der Waals surface area (Å²) in [5.41, 5.74) is 1.14. The van der Waals surface area contributed by atoms with Crippen LogP contribution in [0.2, 0.25) is 5.02 Å². The Morgan fingerprint density at radius 1 is 1.03 bits per heavy atom. The van der Waals surface area contributed by atoms with Gasteiger partial charge in [-0.2, -0.15) is 0 Å². The van der Waals surface area contributed by atoms with Crippen LogP contribution in [-0.2, 0) is 14.3 Å². The second-order valence-corrected chi connectivity index (χ2v) is 9.16. The smallest absolute Gasteiger partial charge is 0.310 e. The van der Waals surface area contributed by atoms with Crippen LogP contribution in [0.4, 0.5) is 5.69 Å². The van der Waals surface area contributed by atoms with E-state index in [9.17, 15) is 14.4 Å². The van der Waals surface area contributed by atoms with E-state index in [2.05, 4.69) is 21.2 Å². The summed E-state index contributed by atoms with van der Waals surface area (Å²) >= 11 is 9.32. The van der Waals surface area contributed by atoms with E-state index >= 15 is 0 Å². The lowest BCUT2D eigenvalue weighted by atomic mass is 9.75. The molecule has 0 unspecified atom stereocenters. The van der Waals surface area contributed by atoms with Crippen molar-refractivity contribution in [2.45, 2.75) is 19.3 Å². The Morgan fingerprint density at radius 2 is 1.73 bits per heavy atom. The van der Waals surface area contributed by atoms with E-state index in [1.54, 1.807) is 30.3 Å². The van der Waals surface area contributed by atoms with Crippen LogP contribution in [0.25, 0.3) is 0 Å². The summed E-state index contributed by atoms with van der Waals surface area (Å²) in [7, 11) is 0. The van der Waals surface area contributed by atoms with Gasteiger partial charge in [-0.1, -0.05) is 41.9 Å². The van der Waals surface area contributed by atoms with Gasteiger partial charge in [-0.15, -0.1) is 0 Å². The third-order valence-corrected chi connectivity index (χ3v) is 7.33. The molecule has 2 aromatic carbocycles. The maximum atomic E-state index is 13.1. The number of Topliss-reactive ketones (excluding diaryl/α,β-unsaturated/α-hetero) is 1. The molecule has 0 heterocycles. The molecule has 1 amide bonds. The van der Waals surface area contributed by atoms with Gasteiger partial charge in [0, 0.05) is 21.6 Å². The van der Waals surface area contributed by atoms with Gasteiger partial charge < -0.3 is 10.1 Å². The van der Waals surface area contributed by atoms with E-state index in [0.717, 1.165) is 23.7 Å². The zero-order valence-corrected chi connectivity index (χ0v) is 18.5. The van der Waals surface area contributed by atoms with Gasteiger partial charge in [0.15, 0.2) is 12.4 Å². The number of fused-ring (bicyclic) bond motifs is 2. The summed E-state index contributed by atoms with van der Waals surface area (Å²) in [6, 6.07) is 14.1. The quantitative estimate of drug-likeness (QED) is 0.450. The Morgan fingerprint density at radius 3 is 2.43 bits per heavy atom. The fraction of sp³-hybridized carbons (Fsp3) is 0.348. The van der Waals surface area contributed by atoms with Crippen LogP contribution in [0.15, 0.2) is 53.0 Å². The molecular formula is C23H21BrClNO4. The minimum Gasteiger partial charge on any atom is -0.455 e. The molecule has 0 spiro atoms. The minimum absolute atomic E-state index is 0.00120. The molecule has 4 rings (SSSR count). The van der Waals surface area contributed by atoms with Crippen molar-refractivity contribution in [2.75, 3.05) is 11.9 Å². The summed E-state index contributed by atoms with van der Waals surface area (Å²) in [5, 5.41) is 3.13. The molecule has 156 valence electrons. The molecule has 0 saturated heterocycles. The number of esters is 1. The molecular weight excluding hydrogens is 470 g/mol. The molecule has 4 atom stereocenters. The number of benzene rings is 2. The first-order valence-corrected chi connectivity index (χ1v) is 11.1. The Kier molecular flexibility index (Phi) is 6.25. The Balaban J connectivity index is 1.39. The number of hydrogen-bond acceptors (Lipinski definition) is 4. The van der Waals surface area contributed by atoms with E-state index in [-0.39, 0.29) is 23.5 Å². The number of anilines is 1. The summed E-state index contributed by atoms with van der Waals surface area (Å²) in [6.45, 7) is -0.396. The van der Waals surface area contributed by atoms with E-state index in [1.165, 1.54) is 0 Å². The van der Waals surface area contributed by atoms with E-state index in [4.69, 9.17) is 16.3 Å². The highest BCUT2D eigenvalue weighted by Crippen LogP contribution is 2.53. The number of carbonyl (C=O) groups excluding carboxylic acids is 3. The number of halogens is 2. The fourth-order valence-corrected chi connectivity index (χ4v) is 5.23. The molecule has 0 radical (unpaired) electrons. The zero-order chi connectivity index (χ0) is 21.3. The lowest BCUT2D eigenvalue weighted by Gasteiger charge is -2.28. The maximum absolute atomic E-state index is 13.1. The van der Waals surface area contributed by atoms with Crippen LogP contribution in [0.5, 0.6) is 0 Å². The molecule has 2 fully saturated rings. The first-order valence-electron chi connectivity index (χ1n) is 9.95. The third kappa shape index (κ3) is 4.30. The van der Waals surface area contributed by atoms with E-state index in [1.807, 2.05) is 18.2 Å². The normalized spacial score (nSPS) is 24.5. The molecule has 2 saturated carbocycles. The largest absolute Gasteiger partial charge is 0.455 e. The average Bonchev–Trinajstić information content (AvgIpc) is 3.36. The highest BCUT2D eigenvalue weighted by Gasteiger charge is 2.54. The van der Waals surface area contributed by atoms with Gasteiger partial charge in [-0.05, 0) is 65.2 Å². The number of amides is 1. The van der Waals surface area contributed by atoms with Crippen molar-refractivity contribution in [1.29, 1.82) is 0 Å². The summed E-state index contributed by atoms with van der Waals surface area (Å²) in [6.07, 6.45) is 2.75. The van der Waals surface area contributed by atoms with Crippen molar-refractivity contribution in [3.05, 3.63) is 63.6 Å². The fourth-order valence-electron chi connectivity index (χ4n) is 4.81. The maximum Gasteiger partial charge on any atom is 0.310 e. The lowest BCUT2D eigenvalue weighted by molar-refractivity contribution is -0.154. The van der Waals surface area contributed by atoms with Crippen molar-refractivity contribution >= 4 is 50.9 Å². The average molecular weight is 491 g/mol. The van der Waals surface area contributed by atoms with Crippen LogP contribution in [0.3, 0.4) is 0 Å². The molecule has 5 nitrogen and oxygen atoms in total. The predicted octanol–water partition coefficient (Wildman–Crippen LogP) is 5.13. The minimum atomic E-state index is -0.480. The summed E-state index contributed by atoms with van der Waals surface area (Å²) in [5.74, 6) is -1.40. The monoisotopic (exact) mass is 489 g/mol. The van der Waals surface area contributed by atoms with Crippen molar-refractivity contribution in [2.24, 2.45) is 23.7 Å². The second kappa shape index (κ2) is 8.90. The first-order chi connectivity index (χ1) is 14.4. The first kappa shape index (κ1) is 21.1. The van der Waals surface area contributed by atoms with Crippen molar-refractivity contribution in [1.82, 2.24) is 0 Å². The molecule has 0 aromatic heterocycles. The van der Waals surface area contributed by atoms with Crippen LogP contribution in [0, 0.1) is 23.7 Å². The molecule has 30 heavy (non-hydrogen) atoms. The molecule has 0 aliphatic heterocycles. The Labute approximate surface area is 188 Å². The van der Waals surface area contributed by atoms with Gasteiger partial charge in [0.05, 0.1) is 10.9 Å². The number of hydrogen-bond donors (Lipinski definition) is 1. The Hall–Kier alpha value is -2.18. The van der Waals surface area contributed by atoms with Gasteiger partial charge in [0.25, 0.3) is 5.91 Å². The number of nitrogens with one attached hydrogen (secondary N) is 1. The van der Waals surface area contributed by atoms with Crippen molar-refractivity contribution < 1.29 is 19.1 Å². The molecule has 7 heteroatoms. The lowest BCUT2D eigenvalue weighted by Crippen LogP contribution is -2.37. The molecule has 2 bridgehead atoms. The standard InChI is InChI=1S/C23H21BrClNO4/c24-17-9-8-16(11-18(17)25)26-19(27)12-30-23(29)21-15-7-6-14(10-15)20(21)22(28)13-4-2-1-3-5-13/h1-5,8-9,11,14-15,20-21H,6-7,10,12H2,(H,26,27)/t14-,15-,20-,21-/m0/s1. The van der Waals surface area contributed by atoms with Gasteiger partial charge in [0.2, 0.25) is 0 Å². The number of carbonyl (C=O) groups is 3. The van der Waals surface area contributed by atoms with Gasteiger partial charge >= 0.3 is 5.97 Å². The number of ether oxygens (including phenoxy) is 1. The third-order valence-electron chi connectivity index (χ3n) is 6.10. The van der Waals surface area contributed by atoms with Gasteiger partial charge in [-0.25, -0.2) is 0 Å². The topological polar surface area (TPSA) is 72.5 Å². The van der Waals surface area contributed by atoms with Crippen molar-refractivity contribution in [3.8, 4) is 0 Å². The number of rotatable bonds is 6. The molecule has 1 N–H and O–H groups in total. The Bertz CT molecular complexity index is 980. The highest BCUT2D eigenvalue weighted by atomic mass is 79.9. The molecule has 2 aromatic rings. The number of ketones is 1. The van der Waals surface area contributed by atoms with Crippen LogP contribution in [-0.4, -0.2) is 24.3 Å². The van der Waals surface area contributed by atoms with Crippen LogP contribution < -0.4 is 5.32 Å². The van der Waals surface area contributed by atoms with Crippen molar-refractivity contribution in [3.63, 3.8) is 0 Å². The molecule has 2 aliphatic rings. The molecule has 2 aliphatic carbocycles. The van der Waals surface area contributed by atoms with Crippen LogP contribution in [0.1, 0.15) is 29.6 Å². The van der Waals surface area contributed by atoms with Crippen LogP contribution >= 0.6 is 27.5 Å². The SMILES string of the molecule is O=C(COC(=O)[C@H]1[C@H]2CC[C@@H](C2)[C@@H]1C(=O)c1ccccc1)Nc1ccc(Br)c(Cl)c1. The predicted molar refractivity (Wildman–Crippen MR) is 117 cm³/mol. The summed E-state index contributed by atoms with van der Waals surface area (Å²) < 4.78 is 6.06. The highest BCUT2D eigenvalue weighted by molar-refractivity contribution is 9.10.